The molecule has 0 radical (unpaired) electrons. The summed E-state index contributed by atoms with van der Waals surface area (Å²) in [6.07, 6.45) is -0.373. The number of H-pyrrole nitrogens is 1. The van der Waals surface area contributed by atoms with Gasteiger partial charge in [-0.2, -0.15) is 0 Å². The smallest absolute Gasteiger partial charge is 0.330 e. The van der Waals surface area contributed by atoms with Crippen LogP contribution in [-0.4, -0.2) is 66.4 Å². The Labute approximate surface area is 186 Å². The van der Waals surface area contributed by atoms with Crippen molar-refractivity contribution >= 4 is 19.3 Å². The molecule has 0 aliphatic carbocycles. The molecule has 3 rings (SSSR count). The van der Waals surface area contributed by atoms with Gasteiger partial charge in [0, 0.05) is 36.5 Å². The van der Waals surface area contributed by atoms with E-state index in [2.05, 4.69) is 14.5 Å². The van der Waals surface area contributed by atoms with E-state index in [0.29, 0.717) is 0 Å². The minimum absolute atomic E-state index is 0.0732. The lowest BCUT2D eigenvalue weighted by molar-refractivity contribution is -0.0759. The van der Waals surface area contributed by atoms with Crippen molar-refractivity contribution in [2.24, 2.45) is 0 Å². The fourth-order valence-corrected chi connectivity index (χ4v) is 7.76. The summed E-state index contributed by atoms with van der Waals surface area (Å²) in [4.78, 5) is 29.4. The fourth-order valence-electron chi connectivity index (χ4n) is 3.93. The number of fused-ring (bicyclic) bond motifs is 2. The van der Waals surface area contributed by atoms with Crippen LogP contribution in [0.25, 0.3) is 4.85 Å². The first kappa shape index (κ1) is 22.8. The Kier molecular flexibility index (Phi) is 7.06. The number of aromatic nitrogens is 2. The second-order valence-corrected chi connectivity index (χ2v) is 11.1. The molecule has 31 heavy (non-hydrogen) atoms. The molecule has 6 atom stereocenters. The molecular weight excluding hydrogens is 443 g/mol. The summed E-state index contributed by atoms with van der Waals surface area (Å²) in [5.41, 5.74) is -2.38. The van der Waals surface area contributed by atoms with Crippen molar-refractivity contribution in [1.29, 1.82) is 0 Å². The van der Waals surface area contributed by atoms with Crippen LogP contribution in [0.3, 0.4) is 0 Å². The van der Waals surface area contributed by atoms with Gasteiger partial charge in [0.1, 0.15) is 23.6 Å². The zero-order valence-electron chi connectivity index (χ0n) is 19.0. The molecule has 2 unspecified atom stereocenters. The molecule has 2 aliphatic heterocycles. The number of ether oxygens (including phenoxy) is 1. The molecule has 2 saturated heterocycles. The quantitative estimate of drug-likeness (QED) is 0.330. The average molecular weight is 474 g/mol. The molecular formula is C19H29N4O6PS. The van der Waals surface area contributed by atoms with E-state index < -0.39 is 53.8 Å². The number of nitrogens with one attached hydrogen (secondary N) is 1. The topological polar surface area (TPSA) is 107 Å². The summed E-state index contributed by atoms with van der Waals surface area (Å²) in [5.74, 6) is 0.120. The minimum atomic E-state index is -1.65. The Morgan fingerprint density at radius 3 is 2.77 bits per heavy atom. The van der Waals surface area contributed by atoms with Crippen LogP contribution in [-0.2, 0) is 24.6 Å². The maximum absolute atomic E-state index is 13.0. The monoisotopic (exact) mass is 473 g/mol. The lowest BCUT2D eigenvalue weighted by Crippen LogP contribution is -2.41. The van der Waals surface area contributed by atoms with E-state index in [0.717, 1.165) is 0 Å². The highest BCUT2D eigenvalue weighted by Crippen LogP contribution is 2.55. The van der Waals surface area contributed by atoms with Gasteiger partial charge in [-0.15, -0.1) is 0 Å². The van der Waals surface area contributed by atoms with Crippen molar-refractivity contribution in [3.63, 3.8) is 0 Å². The lowest BCUT2D eigenvalue weighted by Gasteiger charge is -2.38. The van der Waals surface area contributed by atoms with E-state index in [-0.39, 0.29) is 37.9 Å². The highest BCUT2D eigenvalue weighted by Gasteiger charge is 2.64. The first-order chi connectivity index (χ1) is 15.1. The van der Waals surface area contributed by atoms with Crippen molar-refractivity contribution in [3.8, 4) is 0 Å². The second kappa shape index (κ2) is 9.61. The van der Waals surface area contributed by atoms with E-state index >= 15 is 0 Å². The molecule has 2 fully saturated rings. The maximum atomic E-state index is 13.0. The van der Waals surface area contributed by atoms with E-state index in [4.69, 9.17) is 21.7 Å². The van der Waals surface area contributed by atoms with Gasteiger partial charge in [0.2, 0.25) is 6.54 Å². The molecule has 12 heteroatoms. The van der Waals surface area contributed by atoms with Gasteiger partial charge in [0.25, 0.3) is 14.1 Å². The van der Waals surface area contributed by atoms with Crippen molar-refractivity contribution in [1.82, 2.24) is 14.2 Å². The summed E-state index contributed by atoms with van der Waals surface area (Å²) in [6.45, 7) is 15.2. The molecule has 172 valence electrons. The number of aromatic amines is 1. The second-order valence-electron chi connectivity index (χ2n) is 8.13. The largest absolute Gasteiger partial charge is 0.347 e. The normalized spacial score (nSPS) is 31.4. The van der Waals surface area contributed by atoms with Gasteiger partial charge in [-0.1, -0.05) is 0 Å². The van der Waals surface area contributed by atoms with Crippen LogP contribution in [0.1, 0.15) is 42.2 Å². The number of nitrogens with zero attached hydrogens (tertiary/aromatic N) is 3. The molecule has 2 bridgehead atoms. The van der Waals surface area contributed by atoms with Crippen molar-refractivity contribution in [3.05, 3.63) is 44.5 Å². The van der Waals surface area contributed by atoms with Crippen LogP contribution in [0.5, 0.6) is 0 Å². The predicted molar refractivity (Wildman–Crippen MR) is 118 cm³/mol. The molecule has 1 aromatic rings. The Morgan fingerprint density at radius 2 is 2.19 bits per heavy atom. The zero-order valence-corrected chi connectivity index (χ0v) is 19.7. The summed E-state index contributed by atoms with van der Waals surface area (Å²) in [7, 11) is -3.07. The van der Waals surface area contributed by atoms with Crippen LogP contribution < -0.4 is 11.2 Å². The van der Waals surface area contributed by atoms with Gasteiger partial charge >= 0.3 is 5.69 Å². The van der Waals surface area contributed by atoms with Gasteiger partial charge in [-0.3, -0.25) is 18.6 Å². The van der Waals surface area contributed by atoms with E-state index in [1.165, 1.54) is 16.8 Å². The van der Waals surface area contributed by atoms with Crippen molar-refractivity contribution in [2.45, 2.75) is 69.9 Å². The van der Waals surface area contributed by atoms with Crippen LogP contribution in [0.15, 0.2) is 21.9 Å². The highest BCUT2D eigenvalue weighted by atomic mass is 32.2. The third-order valence-corrected chi connectivity index (χ3v) is 9.10. The Morgan fingerprint density at radius 1 is 1.48 bits per heavy atom. The van der Waals surface area contributed by atoms with Gasteiger partial charge in [0.05, 0.1) is 5.75 Å². The van der Waals surface area contributed by atoms with Gasteiger partial charge < -0.3 is 18.6 Å². The fraction of sp³-hybridized carbons (Fsp3) is 0.737. The van der Waals surface area contributed by atoms with Gasteiger partial charge in [-0.05, 0) is 34.6 Å². The lowest BCUT2D eigenvalue weighted by atomic mass is 10.0. The molecule has 1 aromatic heterocycles. The summed E-state index contributed by atoms with van der Waals surface area (Å²) >= 11 is 0. The molecule has 10 nitrogen and oxygen atoms in total. The molecule has 0 saturated carbocycles. The zero-order chi connectivity index (χ0) is 23.6. The first-order valence-corrected chi connectivity index (χ1v) is 12.5. The predicted octanol–water partition coefficient (Wildman–Crippen LogP) is 1.62. The van der Waals surface area contributed by atoms with Crippen LogP contribution in [0.2, 0.25) is 0 Å². The number of rotatable bonds is 9. The molecule has 3 heterocycles. The van der Waals surface area contributed by atoms with Gasteiger partial charge in [0.15, 0.2) is 6.23 Å². The minimum Gasteiger partial charge on any atom is -0.347 e. The maximum Gasteiger partial charge on any atom is 0.330 e. The van der Waals surface area contributed by atoms with Gasteiger partial charge in [-0.25, -0.2) is 16.0 Å². The molecule has 2 aliphatic rings. The van der Waals surface area contributed by atoms with Crippen molar-refractivity contribution < 1.29 is 19.4 Å². The van der Waals surface area contributed by atoms with Crippen LogP contribution in [0.4, 0.5) is 0 Å². The van der Waals surface area contributed by atoms with E-state index in [1.807, 2.05) is 27.7 Å². The molecule has 1 N–H and O–H groups in total. The van der Waals surface area contributed by atoms with Crippen LogP contribution in [0, 0.1) is 6.57 Å². The average Bonchev–Trinajstić information content (AvgIpc) is 3.15. The highest BCUT2D eigenvalue weighted by molar-refractivity contribution is 7.86. The SMILES string of the molecule is [2H]C[C@@]12CS(=O)[C@@H]([C@H](n3ccc(=O)[nH]c3=O)O1)[C@@H]2OP(OCC[N+]#[C-])N(C(C)C)C(C)C. The summed E-state index contributed by atoms with van der Waals surface area (Å²) < 4.78 is 43.0. The molecule has 0 amide bonds. The third kappa shape index (κ3) is 4.85. The number of hydrogen-bond acceptors (Lipinski definition) is 7. The summed E-state index contributed by atoms with van der Waals surface area (Å²) in [5, 5.41) is -0.709. The Bertz CT molecular complexity index is 989. The number of hydrogen-bond donors (Lipinski definition) is 1. The standard InChI is InChI=1S/C19H29N4O6PS/c1-12(2)23(13(3)4)30(27-10-8-20-6)29-16-15-17(28-19(16,5)11-31(15)26)22-9-7-14(24)21-18(22)25/h7,9,12-13,15-17H,8,10-11H2,1-5H3,(H,21,24,25)/t15-,16+,17-,19+,30?,31?/m1/s1/i5D. The molecule has 0 aromatic carbocycles. The van der Waals surface area contributed by atoms with Crippen LogP contribution >= 0.6 is 8.53 Å². The Hall–Kier alpha value is -1.41. The van der Waals surface area contributed by atoms with E-state index in [9.17, 15) is 13.8 Å². The third-order valence-electron chi connectivity index (χ3n) is 5.12. The van der Waals surface area contributed by atoms with Crippen molar-refractivity contribution in [2.75, 3.05) is 18.9 Å². The first-order valence-electron chi connectivity index (χ1n) is 10.7. The molecule has 0 spiro atoms. The Balaban J connectivity index is 1.96. The summed E-state index contributed by atoms with van der Waals surface area (Å²) in [6, 6.07) is 1.34. The van der Waals surface area contributed by atoms with E-state index in [1.54, 1.807) is 0 Å².